The second kappa shape index (κ2) is 11.9. The van der Waals surface area contributed by atoms with E-state index >= 15 is 0 Å². The summed E-state index contributed by atoms with van der Waals surface area (Å²) in [7, 11) is 0. The van der Waals surface area contributed by atoms with Gasteiger partial charge >= 0.3 is 5.97 Å². The molecular weight excluding hydrogens is 464 g/mol. The number of hydrogen-bond acceptors (Lipinski definition) is 8. The predicted molar refractivity (Wildman–Crippen MR) is 136 cm³/mol. The van der Waals surface area contributed by atoms with Crippen molar-refractivity contribution in [3.05, 3.63) is 46.6 Å². The molecule has 2 aliphatic rings. The zero-order valence-electron chi connectivity index (χ0n) is 20.8. The highest BCUT2D eigenvalue weighted by Gasteiger charge is 2.28. The topological polar surface area (TPSA) is 84.9 Å². The van der Waals surface area contributed by atoms with Crippen LogP contribution in [0.3, 0.4) is 0 Å². The van der Waals surface area contributed by atoms with Crippen LogP contribution in [-0.4, -0.2) is 72.7 Å². The van der Waals surface area contributed by atoms with E-state index in [1.807, 2.05) is 43.0 Å². The molecule has 1 amide bonds. The summed E-state index contributed by atoms with van der Waals surface area (Å²) in [5, 5.41) is 0.743. The molecule has 0 N–H and O–H groups in total. The number of ether oxygens (including phenoxy) is 2. The average Bonchev–Trinajstić information content (AvgIpc) is 2.89. The van der Waals surface area contributed by atoms with Crippen molar-refractivity contribution in [1.29, 1.82) is 0 Å². The van der Waals surface area contributed by atoms with Gasteiger partial charge in [-0.05, 0) is 51.3 Å². The Morgan fingerprint density at radius 3 is 2.57 bits per heavy atom. The second-order valence-corrected chi connectivity index (χ2v) is 9.89. The van der Waals surface area contributed by atoms with Gasteiger partial charge in [-0.25, -0.2) is 9.97 Å². The molecule has 4 rings (SSSR count). The number of morpholine rings is 1. The number of nitrogens with zero attached hydrogens (tertiary/aromatic N) is 4. The molecule has 9 heteroatoms. The Bertz CT molecular complexity index is 1050. The third-order valence-electron chi connectivity index (χ3n) is 6.60. The van der Waals surface area contributed by atoms with E-state index in [-0.39, 0.29) is 17.8 Å². The molecule has 3 heterocycles. The van der Waals surface area contributed by atoms with Crippen molar-refractivity contribution in [3.8, 4) is 0 Å². The van der Waals surface area contributed by atoms with Gasteiger partial charge in [-0.1, -0.05) is 23.9 Å². The van der Waals surface area contributed by atoms with Crippen molar-refractivity contribution in [2.75, 3.05) is 50.9 Å². The highest BCUT2D eigenvalue weighted by atomic mass is 32.2. The summed E-state index contributed by atoms with van der Waals surface area (Å²) in [5.74, 6) is 1.41. The van der Waals surface area contributed by atoms with Crippen LogP contribution in [-0.2, 0) is 20.0 Å². The number of aryl methyl sites for hydroxylation is 1. The van der Waals surface area contributed by atoms with E-state index in [0.717, 1.165) is 40.9 Å². The van der Waals surface area contributed by atoms with Crippen LogP contribution in [0.5, 0.6) is 0 Å². The standard InChI is InChI=1S/C26H34N4O4S/c1-4-34-25(32)21-8-10-30(11-9-21)24(31)22-7-5-6-20(16-22)17-35-26-27-19(3)18(2)23(28-26)29-12-14-33-15-13-29/h5-7,16,21H,4,8-15,17H2,1-3H3. The number of thioether (sulfide) groups is 1. The molecule has 0 atom stereocenters. The SMILES string of the molecule is CCOC(=O)C1CCN(C(=O)c2cccc(CSc3nc(C)c(C)c(N4CCOCC4)n3)c2)CC1. The largest absolute Gasteiger partial charge is 0.466 e. The Kier molecular flexibility index (Phi) is 8.62. The highest BCUT2D eigenvalue weighted by Crippen LogP contribution is 2.27. The Labute approximate surface area is 211 Å². The molecule has 1 aromatic carbocycles. The number of carbonyl (C=O) groups is 2. The second-order valence-electron chi connectivity index (χ2n) is 8.95. The summed E-state index contributed by atoms with van der Waals surface area (Å²) in [6, 6.07) is 7.77. The van der Waals surface area contributed by atoms with Crippen LogP contribution in [0.25, 0.3) is 0 Å². The van der Waals surface area contributed by atoms with Gasteiger partial charge in [0.05, 0.1) is 25.7 Å². The quantitative estimate of drug-likeness (QED) is 0.325. The lowest BCUT2D eigenvalue weighted by molar-refractivity contribution is -0.149. The monoisotopic (exact) mass is 498 g/mol. The minimum absolute atomic E-state index is 0.0104. The predicted octanol–water partition coefficient (Wildman–Crippen LogP) is 3.64. The number of amides is 1. The van der Waals surface area contributed by atoms with Crippen LogP contribution in [0.2, 0.25) is 0 Å². The molecule has 0 unspecified atom stereocenters. The summed E-state index contributed by atoms with van der Waals surface area (Å²) in [4.78, 5) is 38.7. The van der Waals surface area contributed by atoms with E-state index < -0.39 is 0 Å². The molecule has 1 aromatic heterocycles. The van der Waals surface area contributed by atoms with Crippen LogP contribution in [0, 0.1) is 19.8 Å². The van der Waals surface area contributed by atoms with Gasteiger partial charge in [0.1, 0.15) is 5.82 Å². The van der Waals surface area contributed by atoms with Crippen LogP contribution in [0.1, 0.15) is 46.9 Å². The first-order valence-corrected chi connectivity index (χ1v) is 13.3. The van der Waals surface area contributed by atoms with Crippen LogP contribution in [0.15, 0.2) is 29.4 Å². The molecule has 35 heavy (non-hydrogen) atoms. The fraction of sp³-hybridized carbons (Fsp3) is 0.538. The highest BCUT2D eigenvalue weighted by molar-refractivity contribution is 7.98. The Morgan fingerprint density at radius 2 is 1.86 bits per heavy atom. The van der Waals surface area contributed by atoms with E-state index in [9.17, 15) is 9.59 Å². The minimum atomic E-state index is -0.149. The Balaban J connectivity index is 1.38. The van der Waals surface area contributed by atoms with Crippen molar-refractivity contribution in [2.24, 2.45) is 5.92 Å². The van der Waals surface area contributed by atoms with Gasteiger partial charge in [-0.3, -0.25) is 9.59 Å². The first kappa shape index (κ1) is 25.4. The van der Waals surface area contributed by atoms with Crippen molar-refractivity contribution < 1.29 is 19.1 Å². The van der Waals surface area contributed by atoms with Gasteiger partial charge in [0.25, 0.3) is 5.91 Å². The maximum Gasteiger partial charge on any atom is 0.309 e. The molecule has 188 valence electrons. The number of piperidine rings is 1. The van der Waals surface area contributed by atoms with E-state index in [0.29, 0.717) is 57.1 Å². The number of esters is 1. The number of anilines is 1. The maximum absolute atomic E-state index is 13.1. The molecule has 0 spiro atoms. The first-order chi connectivity index (χ1) is 17.0. The third-order valence-corrected chi connectivity index (χ3v) is 7.52. The fourth-order valence-corrected chi connectivity index (χ4v) is 5.27. The summed E-state index contributed by atoms with van der Waals surface area (Å²) < 4.78 is 10.6. The molecule has 2 fully saturated rings. The number of likely N-dealkylation sites (tertiary alicyclic amines) is 1. The van der Waals surface area contributed by atoms with Gasteiger partial charge in [0.2, 0.25) is 0 Å². The molecule has 0 bridgehead atoms. The summed E-state index contributed by atoms with van der Waals surface area (Å²) in [5.41, 5.74) is 3.82. The zero-order chi connectivity index (χ0) is 24.8. The Hall–Kier alpha value is -2.65. The number of rotatable bonds is 7. The van der Waals surface area contributed by atoms with Crippen molar-refractivity contribution in [2.45, 2.75) is 44.5 Å². The fourth-order valence-electron chi connectivity index (χ4n) is 4.44. The molecule has 2 saturated heterocycles. The van der Waals surface area contributed by atoms with Gasteiger partial charge in [0, 0.05) is 48.8 Å². The molecule has 2 aromatic rings. The van der Waals surface area contributed by atoms with Crippen molar-refractivity contribution >= 4 is 29.5 Å². The van der Waals surface area contributed by atoms with Crippen LogP contribution < -0.4 is 4.90 Å². The third kappa shape index (κ3) is 6.32. The van der Waals surface area contributed by atoms with E-state index in [1.54, 1.807) is 11.8 Å². The first-order valence-electron chi connectivity index (χ1n) is 12.3. The number of carbonyl (C=O) groups excluding carboxylic acids is 2. The molecule has 0 saturated carbocycles. The van der Waals surface area contributed by atoms with E-state index in [2.05, 4.69) is 16.8 Å². The van der Waals surface area contributed by atoms with Crippen molar-refractivity contribution in [1.82, 2.24) is 14.9 Å². The smallest absolute Gasteiger partial charge is 0.309 e. The van der Waals surface area contributed by atoms with E-state index in [4.69, 9.17) is 14.5 Å². The summed E-state index contributed by atoms with van der Waals surface area (Å²) >= 11 is 1.58. The zero-order valence-corrected chi connectivity index (χ0v) is 21.6. The summed E-state index contributed by atoms with van der Waals surface area (Å²) in [6.07, 6.45) is 1.30. The lowest BCUT2D eigenvalue weighted by atomic mass is 9.96. The number of benzene rings is 1. The van der Waals surface area contributed by atoms with Gasteiger partial charge in [0.15, 0.2) is 5.16 Å². The van der Waals surface area contributed by atoms with Crippen LogP contribution >= 0.6 is 11.8 Å². The minimum Gasteiger partial charge on any atom is -0.466 e. The molecule has 8 nitrogen and oxygen atoms in total. The molecular formula is C26H34N4O4S. The summed E-state index contributed by atoms with van der Waals surface area (Å²) in [6.45, 7) is 10.5. The van der Waals surface area contributed by atoms with Crippen LogP contribution in [0.4, 0.5) is 5.82 Å². The van der Waals surface area contributed by atoms with Gasteiger partial charge in [-0.2, -0.15) is 0 Å². The lowest BCUT2D eigenvalue weighted by Crippen LogP contribution is -2.40. The normalized spacial score (nSPS) is 16.9. The molecule has 0 radical (unpaired) electrons. The number of aromatic nitrogens is 2. The lowest BCUT2D eigenvalue weighted by Gasteiger charge is -2.31. The van der Waals surface area contributed by atoms with Gasteiger partial charge < -0.3 is 19.3 Å². The molecule has 0 aliphatic carbocycles. The maximum atomic E-state index is 13.1. The number of hydrogen-bond donors (Lipinski definition) is 0. The average molecular weight is 499 g/mol. The van der Waals surface area contributed by atoms with E-state index in [1.165, 1.54) is 0 Å². The molecule has 2 aliphatic heterocycles. The van der Waals surface area contributed by atoms with Gasteiger partial charge in [-0.15, -0.1) is 0 Å². The Morgan fingerprint density at radius 1 is 1.11 bits per heavy atom. The van der Waals surface area contributed by atoms with Crippen molar-refractivity contribution in [3.63, 3.8) is 0 Å².